The highest BCUT2D eigenvalue weighted by Crippen LogP contribution is 2.36. The summed E-state index contributed by atoms with van der Waals surface area (Å²) in [5, 5.41) is 4.38. The maximum Gasteiger partial charge on any atom is 0.418 e. The molecule has 1 fully saturated rings. The molecule has 5 rings (SSSR count). The maximum absolute atomic E-state index is 13.4. The van der Waals surface area contributed by atoms with Gasteiger partial charge in [-0.15, -0.1) is 5.10 Å². The minimum atomic E-state index is -4.38. The van der Waals surface area contributed by atoms with Gasteiger partial charge in [0.05, 0.1) is 11.8 Å². The standard InChI is InChI=1S/C21H20F3N7O/c22-21(23,24)15-4-1-2-5-16(15)30-9-7-29(8-10-30)13-14-12-26-20(25)31-19(14)27-18(28-31)17-6-3-11-32-17/h1-6,11-12H,7-10,13H2,(H2,25,26). The van der Waals surface area contributed by atoms with Crippen molar-refractivity contribution in [2.45, 2.75) is 12.7 Å². The van der Waals surface area contributed by atoms with Crippen LogP contribution in [0.5, 0.6) is 0 Å². The van der Waals surface area contributed by atoms with Crippen molar-refractivity contribution in [3.63, 3.8) is 0 Å². The number of nitrogens with zero attached hydrogens (tertiary/aromatic N) is 6. The molecule has 0 unspecified atom stereocenters. The Kier molecular flexibility index (Phi) is 4.97. The van der Waals surface area contributed by atoms with E-state index in [1.807, 2.05) is 0 Å². The molecule has 32 heavy (non-hydrogen) atoms. The smallest absolute Gasteiger partial charge is 0.418 e. The van der Waals surface area contributed by atoms with Crippen LogP contribution in [0.3, 0.4) is 0 Å². The fraction of sp³-hybridized carbons (Fsp3) is 0.286. The molecule has 0 spiro atoms. The Morgan fingerprint density at radius 3 is 2.53 bits per heavy atom. The Morgan fingerprint density at radius 1 is 1.03 bits per heavy atom. The first-order chi connectivity index (χ1) is 15.4. The molecular formula is C21H20F3N7O. The number of benzene rings is 1. The minimum Gasteiger partial charge on any atom is -0.461 e. The van der Waals surface area contributed by atoms with E-state index in [0.717, 1.165) is 11.6 Å². The first-order valence-corrected chi connectivity index (χ1v) is 10.1. The van der Waals surface area contributed by atoms with Crippen LogP contribution in [0.1, 0.15) is 11.1 Å². The molecule has 2 N–H and O–H groups in total. The van der Waals surface area contributed by atoms with Crippen molar-refractivity contribution < 1.29 is 17.6 Å². The second-order valence-corrected chi connectivity index (χ2v) is 7.57. The van der Waals surface area contributed by atoms with Crippen molar-refractivity contribution in [3.8, 4) is 11.6 Å². The predicted molar refractivity (Wildman–Crippen MR) is 112 cm³/mol. The zero-order valence-corrected chi connectivity index (χ0v) is 17.0. The molecule has 11 heteroatoms. The van der Waals surface area contributed by atoms with E-state index >= 15 is 0 Å². The van der Waals surface area contributed by atoms with Gasteiger partial charge in [0.15, 0.2) is 11.4 Å². The van der Waals surface area contributed by atoms with Crippen LogP contribution in [0.15, 0.2) is 53.3 Å². The second kappa shape index (κ2) is 7.83. The van der Waals surface area contributed by atoms with Gasteiger partial charge in [-0.1, -0.05) is 12.1 Å². The second-order valence-electron chi connectivity index (χ2n) is 7.57. The predicted octanol–water partition coefficient (Wildman–Crippen LogP) is 3.31. The molecule has 4 heterocycles. The monoisotopic (exact) mass is 443 g/mol. The van der Waals surface area contributed by atoms with E-state index in [4.69, 9.17) is 10.2 Å². The van der Waals surface area contributed by atoms with Crippen molar-refractivity contribution in [1.29, 1.82) is 0 Å². The minimum absolute atomic E-state index is 0.211. The summed E-state index contributed by atoms with van der Waals surface area (Å²) in [5.74, 6) is 1.14. The third-order valence-corrected chi connectivity index (χ3v) is 5.52. The van der Waals surface area contributed by atoms with Crippen molar-refractivity contribution in [3.05, 3.63) is 60.0 Å². The molecule has 0 aliphatic carbocycles. The summed E-state index contributed by atoms with van der Waals surface area (Å²) in [5.41, 5.74) is 6.98. The van der Waals surface area contributed by atoms with Gasteiger partial charge in [0.25, 0.3) is 0 Å². The quantitative estimate of drug-likeness (QED) is 0.518. The third-order valence-electron chi connectivity index (χ3n) is 5.52. The Hall–Kier alpha value is -3.60. The summed E-state index contributed by atoms with van der Waals surface area (Å²) in [6.07, 6.45) is -1.18. The lowest BCUT2D eigenvalue weighted by atomic mass is 10.1. The molecule has 1 aliphatic heterocycles. The molecule has 1 aromatic carbocycles. The van der Waals surface area contributed by atoms with Crippen molar-refractivity contribution >= 4 is 17.3 Å². The van der Waals surface area contributed by atoms with E-state index in [1.165, 1.54) is 16.6 Å². The summed E-state index contributed by atoms with van der Waals surface area (Å²) in [6.45, 7) is 2.69. The summed E-state index contributed by atoms with van der Waals surface area (Å²) < 4.78 is 47.0. The van der Waals surface area contributed by atoms with Gasteiger partial charge in [-0.25, -0.2) is 9.97 Å². The Labute approximate surface area is 181 Å². The highest BCUT2D eigenvalue weighted by Gasteiger charge is 2.35. The van der Waals surface area contributed by atoms with Gasteiger partial charge < -0.3 is 15.1 Å². The molecule has 4 aromatic rings. The number of piperazine rings is 1. The number of nitrogens with two attached hydrogens (primary N) is 1. The summed E-state index contributed by atoms with van der Waals surface area (Å²) >= 11 is 0. The van der Waals surface area contributed by atoms with Crippen LogP contribution in [0.4, 0.5) is 24.8 Å². The number of para-hydroxylation sites is 1. The largest absolute Gasteiger partial charge is 0.461 e. The van der Waals surface area contributed by atoms with E-state index in [2.05, 4.69) is 20.0 Å². The normalized spacial score (nSPS) is 15.5. The highest BCUT2D eigenvalue weighted by molar-refractivity contribution is 5.58. The van der Waals surface area contributed by atoms with Crippen LogP contribution < -0.4 is 10.6 Å². The Morgan fingerprint density at radius 2 is 1.81 bits per heavy atom. The molecule has 1 saturated heterocycles. The zero-order chi connectivity index (χ0) is 22.3. The summed E-state index contributed by atoms with van der Waals surface area (Å²) in [4.78, 5) is 12.7. The molecule has 0 amide bonds. The average molecular weight is 443 g/mol. The van der Waals surface area contributed by atoms with Crippen LogP contribution >= 0.6 is 0 Å². The molecular weight excluding hydrogens is 423 g/mol. The fourth-order valence-corrected chi connectivity index (χ4v) is 3.93. The molecule has 8 nitrogen and oxygen atoms in total. The van der Waals surface area contributed by atoms with Crippen molar-refractivity contribution in [2.75, 3.05) is 36.8 Å². The van der Waals surface area contributed by atoms with E-state index in [9.17, 15) is 13.2 Å². The van der Waals surface area contributed by atoms with Gasteiger partial charge in [-0.3, -0.25) is 4.90 Å². The lowest BCUT2D eigenvalue weighted by Gasteiger charge is -2.37. The van der Waals surface area contributed by atoms with Crippen LogP contribution in [-0.4, -0.2) is 50.7 Å². The number of nitrogen functional groups attached to an aromatic ring is 1. The number of alkyl halides is 3. The maximum atomic E-state index is 13.4. The van der Waals surface area contributed by atoms with E-state index in [1.54, 1.807) is 35.6 Å². The average Bonchev–Trinajstić information content (AvgIpc) is 3.46. The first-order valence-electron chi connectivity index (χ1n) is 10.1. The Balaban J connectivity index is 1.34. The molecule has 0 bridgehead atoms. The van der Waals surface area contributed by atoms with E-state index < -0.39 is 11.7 Å². The number of fused-ring (bicyclic) bond motifs is 1. The number of furan rings is 1. The van der Waals surface area contributed by atoms with Crippen molar-refractivity contribution in [2.24, 2.45) is 0 Å². The number of rotatable bonds is 4. The number of aromatic nitrogens is 4. The number of halogens is 3. The lowest BCUT2D eigenvalue weighted by molar-refractivity contribution is -0.137. The van der Waals surface area contributed by atoms with Crippen LogP contribution in [-0.2, 0) is 12.7 Å². The number of hydrogen-bond acceptors (Lipinski definition) is 7. The summed E-state index contributed by atoms with van der Waals surface area (Å²) in [7, 11) is 0. The van der Waals surface area contributed by atoms with E-state index in [-0.39, 0.29) is 11.6 Å². The highest BCUT2D eigenvalue weighted by atomic mass is 19.4. The molecule has 0 saturated carbocycles. The van der Waals surface area contributed by atoms with Gasteiger partial charge in [-0.2, -0.15) is 17.7 Å². The van der Waals surface area contributed by atoms with Gasteiger partial charge >= 0.3 is 6.18 Å². The number of anilines is 2. The SMILES string of the molecule is Nc1ncc(CN2CCN(c3ccccc3C(F)(F)F)CC2)c2nc(-c3ccco3)nn12. The molecule has 166 valence electrons. The number of hydrogen-bond donors (Lipinski definition) is 1. The molecule has 0 radical (unpaired) electrons. The van der Waals surface area contributed by atoms with Gasteiger partial charge in [0, 0.05) is 50.2 Å². The molecule has 1 aliphatic rings. The molecule has 0 atom stereocenters. The van der Waals surface area contributed by atoms with Crippen LogP contribution in [0, 0.1) is 0 Å². The third kappa shape index (κ3) is 3.75. The Bertz CT molecular complexity index is 1230. The lowest BCUT2D eigenvalue weighted by Crippen LogP contribution is -2.46. The van der Waals surface area contributed by atoms with E-state index in [0.29, 0.717) is 50.0 Å². The summed E-state index contributed by atoms with van der Waals surface area (Å²) in [6, 6.07) is 9.21. The van der Waals surface area contributed by atoms with Crippen LogP contribution in [0.25, 0.3) is 17.2 Å². The molecule has 3 aromatic heterocycles. The fourth-order valence-electron chi connectivity index (χ4n) is 3.93. The van der Waals surface area contributed by atoms with Gasteiger partial charge in [0.1, 0.15) is 0 Å². The van der Waals surface area contributed by atoms with Gasteiger partial charge in [0.2, 0.25) is 11.8 Å². The van der Waals surface area contributed by atoms with Gasteiger partial charge in [-0.05, 0) is 24.3 Å². The topological polar surface area (TPSA) is 88.7 Å². The zero-order valence-electron chi connectivity index (χ0n) is 17.0. The first kappa shape index (κ1) is 20.3. The van der Waals surface area contributed by atoms with Crippen molar-refractivity contribution in [1.82, 2.24) is 24.5 Å². The van der Waals surface area contributed by atoms with Crippen LogP contribution in [0.2, 0.25) is 0 Å².